The Kier molecular flexibility index (Phi) is 4.89. The first-order valence-corrected chi connectivity index (χ1v) is 7.48. The number of Topliss-reactive ketones (excluding diaryl/α,β-unsaturated/α-hetero) is 2. The Bertz CT molecular complexity index is 517. The minimum Gasteiger partial charge on any atom is -0.295 e. The first-order chi connectivity index (χ1) is 9.61. The van der Waals surface area contributed by atoms with Gasteiger partial charge in [-0.05, 0) is 37.7 Å². The Balaban J connectivity index is 2.17. The first kappa shape index (κ1) is 14.7. The second kappa shape index (κ2) is 6.65. The summed E-state index contributed by atoms with van der Waals surface area (Å²) in [6, 6.07) is 6.99. The van der Waals surface area contributed by atoms with Gasteiger partial charge in [0.1, 0.15) is 0 Å². The second-order valence-corrected chi connectivity index (χ2v) is 5.55. The van der Waals surface area contributed by atoms with Gasteiger partial charge in [0, 0.05) is 11.1 Å². The van der Waals surface area contributed by atoms with E-state index in [9.17, 15) is 9.59 Å². The molecule has 0 bridgehead atoms. The molecule has 2 rings (SSSR count). The Morgan fingerprint density at radius 2 is 1.65 bits per heavy atom. The van der Waals surface area contributed by atoms with E-state index in [0.717, 1.165) is 12.0 Å². The SMILES string of the molecule is CC/C(=C\C1CCCC1)C(=O)c1ccc(C(C)=O)cc1. The number of hydrogen-bond acceptors (Lipinski definition) is 2. The van der Waals surface area contributed by atoms with Gasteiger partial charge in [-0.2, -0.15) is 0 Å². The van der Waals surface area contributed by atoms with Gasteiger partial charge in [-0.1, -0.05) is 50.1 Å². The van der Waals surface area contributed by atoms with Crippen LogP contribution in [0.15, 0.2) is 35.9 Å². The van der Waals surface area contributed by atoms with Gasteiger partial charge in [-0.15, -0.1) is 0 Å². The Morgan fingerprint density at radius 3 is 2.15 bits per heavy atom. The molecule has 0 heterocycles. The summed E-state index contributed by atoms with van der Waals surface area (Å²) in [5.74, 6) is 0.709. The van der Waals surface area contributed by atoms with Gasteiger partial charge in [-0.25, -0.2) is 0 Å². The zero-order chi connectivity index (χ0) is 14.5. The molecular weight excluding hydrogens is 248 g/mol. The van der Waals surface area contributed by atoms with Crippen LogP contribution in [0.25, 0.3) is 0 Å². The van der Waals surface area contributed by atoms with E-state index in [2.05, 4.69) is 6.08 Å². The summed E-state index contributed by atoms with van der Waals surface area (Å²) < 4.78 is 0. The normalized spacial score (nSPS) is 16.4. The second-order valence-electron chi connectivity index (χ2n) is 5.55. The summed E-state index contributed by atoms with van der Waals surface area (Å²) in [7, 11) is 0. The predicted molar refractivity (Wildman–Crippen MR) is 81.1 cm³/mol. The Morgan fingerprint density at radius 1 is 1.10 bits per heavy atom. The lowest BCUT2D eigenvalue weighted by atomic mass is 9.95. The van der Waals surface area contributed by atoms with Crippen molar-refractivity contribution in [3.8, 4) is 0 Å². The number of carbonyl (C=O) groups is 2. The van der Waals surface area contributed by atoms with E-state index in [1.807, 2.05) is 6.92 Å². The molecule has 1 aromatic rings. The van der Waals surface area contributed by atoms with Crippen molar-refractivity contribution in [1.29, 1.82) is 0 Å². The van der Waals surface area contributed by atoms with Crippen molar-refractivity contribution in [2.45, 2.75) is 46.0 Å². The van der Waals surface area contributed by atoms with Crippen molar-refractivity contribution in [2.75, 3.05) is 0 Å². The van der Waals surface area contributed by atoms with E-state index in [1.54, 1.807) is 24.3 Å². The highest BCUT2D eigenvalue weighted by molar-refractivity contribution is 6.09. The summed E-state index contributed by atoms with van der Waals surface area (Å²) in [4.78, 5) is 23.7. The standard InChI is InChI=1S/C18H22O2/c1-3-15(12-14-6-4-5-7-14)18(20)17-10-8-16(9-11-17)13(2)19/h8-12,14H,3-7H2,1-2H3/b15-12+. The fourth-order valence-corrected chi connectivity index (χ4v) is 2.80. The Hall–Kier alpha value is -1.70. The Labute approximate surface area is 120 Å². The molecule has 0 atom stereocenters. The van der Waals surface area contributed by atoms with Crippen LogP contribution in [0.1, 0.15) is 66.7 Å². The molecule has 2 heteroatoms. The molecule has 0 unspecified atom stereocenters. The highest BCUT2D eigenvalue weighted by Gasteiger charge is 2.17. The fraction of sp³-hybridized carbons (Fsp3) is 0.444. The average Bonchev–Trinajstić information content (AvgIpc) is 2.97. The van der Waals surface area contributed by atoms with Crippen LogP contribution in [-0.4, -0.2) is 11.6 Å². The molecule has 0 N–H and O–H groups in total. The van der Waals surface area contributed by atoms with Gasteiger partial charge in [0.25, 0.3) is 0 Å². The maximum Gasteiger partial charge on any atom is 0.188 e. The van der Waals surface area contributed by atoms with Crippen LogP contribution in [0, 0.1) is 5.92 Å². The van der Waals surface area contributed by atoms with Gasteiger partial charge in [0.15, 0.2) is 11.6 Å². The minimum atomic E-state index is 0.0289. The molecule has 0 spiro atoms. The third kappa shape index (κ3) is 3.44. The summed E-state index contributed by atoms with van der Waals surface area (Å²) in [6.07, 6.45) is 7.91. The predicted octanol–water partition coefficient (Wildman–Crippen LogP) is 4.60. The topological polar surface area (TPSA) is 34.1 Å². The van der Waals surface area contributed by atoms with Crippen LogP contribution in [0.4, 0.5) is 0 Å². The summed E-state index contributed by atoms with van der Waals surface area (Å²) >= 11 is 0. The molecular formula is C18H22O2. The highest BCUT2D eigenvalue weighted by atomic mass is 16.1. The van der Waals surface area contributed by atoms with Gasteiger partial charge in [0.2, 0.25) is 0 Å². The molecule has 0 aliphatic heterocycles. The van der Waals surface area contributed by atoms with Gasteiger partial charge in [-0.3, -0.25) is 9.59 Å². The maximum absolute atomic E-state index is 12.5. The summed E-state index contributed by atoms with van der Waals surface area (Å²) in [6.45, 7) is 3.57. The number of rotatable bonds is 5. The minimum absolute atomic E-state index is 0.0289. The lowest BCUT2D eigenvalue weighted by Crippen LogP contribution is -2.05. The van der Waals surface area contributed by atoms with Crippen LogP contribution in [0.2, 0.25) is 0 Å². The third-order valence-corrected chi connectivity index (χ3v) is 4.06. The number of carbonyl (C=O) groups excluding carboxylic acids is 2. The average molecular weight is 270 g/mol. The number of ketones is 2. The van der Waals surface area contributed by atoms with Crippen molar-refractivity contribution in [3.63, 3.8) is 0 Å². The van der Waals surface area contributed by atoms with E-state index in [4.69, 9.17) is 0 Å². The highest BCUT2D eigenvalue weighted by Crippen LogP contribution is 2.28. The van der Waals surface area contributed by atoms with Gasteiger partial charge < -0.3 is 0 Å². The lowest BCUT2D eigenvalue weighted by molar-refractivity contribution is 0.101. The molecule has 1 saturated carbocycles. The molecule has 1 fully saturated rings. The number of benzene rings is 1. The molecule has 0 aromatic heterocycles. The van der Waals surface area contributed by atoms with Crippen LogP contribution >= 0.6 is 0 Å². The largest absolute Gasteiger partial charge is 0.295 e. The van der Waals surface area contributed by atoms with Crippen LogP contribution in [0.5, 0.6) is 0 Å². The molecule has 0 saturated heterocycles. The van der Waals surface area contributed by atoms with E-state index < -0.39 is 0 Å². The van der Waals surface area contributed by atoms with E-state index in [1.165, 1.54) is 32.6 Å². The smallest absolute Gasteiger partial charge is 0.188 e. The first-order valence-electron chi connectivity index (χ1n) is 7.48. The van der Waals surface area contributed by atoms with Crippen LogP contribution in [-0.2, 0) is 0 Å². The van der Waals surface area contributed by atoms with Crippen molar-refractivity contribution in [1.82, 2.24) is 0 Å². The molecule has 106 valence electrons. The molecule has 1 aliphatic rings. The van der Waals surface area contributed by atoms with Gasteiger partial charge >= 0.3 is 0 Å². The maximum atomic E-state index is 12.5. The van der Waals surface area contributed by atoms with E-state index in [-0.39, 0.29) is 11.6 Å². The quantitative estimate of drug-likeness (QED) is 0.579. The fourth-order valence-electron chi connectivity index (χ4n) is 2.80. The zero-order valence-corrected chi connectivity index (χ0v) is 12.3. The molecule has 0 amide bonds. The molecule has 2 nitrogen and oxygen atoms in total. The van der Waals surface area contributed by atoms with Crippen molar-refractivity contribution in [3.05, 3.63) is 47.0 Å². The lowest BCUT2D eigenvalue weighted by Gasteiger charge is -2.08. The van der Waals surface area contributed by atoms with Crippen molar-refractivity contribution in [2.24, 2.45) is 5.92 Å². The van der Waals surface area contributed by atoms with Gasteiger partial charge in [0.05, 0.1) is 0 Å². The zero-order valence-electron chi connectivity index (χ0n) is 12.3. The van der Waals surface area contributed by atoms with Crippen LogP contribution in [0.3, 0.4) is 0 Å². The van der Waals surface area contributed by atoms with E-state index >= 15 is 0 Å². The molecule has 1 aromatic carbocycles. The number of allylic oxidation sites excluding steroid dienone is 2. The van der Waals surface area contributed by atoms with Crippen LogP contribution < -0.4 is 0 Å². The monoisotopic (exact) mass is 270 g/mol. The van der Waals surface area contributed by atoms with Crippen molar-refractivity contribution < 1.29 is 9.59 Å². The summed E-state index contributed by atoms with van der Waals surface area (Å²) in [5, 5.41) is 0. The van der Waals surface area contributed by atoms with E-state index in [0.29, 0.717) is 17.0 Å². The molecule has 0 radical (unpaired) electrons. The summed E-state index contributed by atoms with van der Waals surface area (Å²) in [5.41, 5.74) is 2.24. The molecule has 1 aliphatic carbocycles. The van der Waals surface area contributed by atoms with Crippen molar-refractivity contribution >= 4 is 11.6 Å². The number of hydrogen-bond donors (Lipinski definition) is 0. The molecule has 20 heavy (non-hydrogen) atoms. The third-order valence-electron chi connectivity index (χ3n) is 4.06.